The van der Waals surface area contributed by atoms with Crippen LogP contribution < -0.4 is 0 Å². The molecule has 0 radical (unpaired) electrons. The summed E-state index contributed by atoms with van der Waals surface area (Å²) in [6.45, 7) is 2.08. The Balaban J connectivity index is 2.42. The average molecular weight is 184 g/mol. The first-order valence-corrected chi connectivity index (χ1v) is 4.76. The summed E-state index contributed by atoms with van der Waals surface area (Å²) in [5, 5.41) is 0. The van der Waals surface area contributed by atoms with Gasteiger partial charge < -0.3 is 0 Å². The highest BCUT2D eigenvalue weighted by Crippen LogP contribution is 2.30. The number of carbonyl (C=O) groups excluding carboxylic acids is 1. The quantitative estimate of drug-likeness (QED) is 0.646. The van der Waals surface area contributed by atoms with Crippen molar-refractivity contribution in [2.75, 3.05) is 0 Å². The van der Waals surface area contributed by atoms with E-state index in [9.17, 15) is 4.79 Å². The predicted molar refractivity (Wildman–Crippen MR) is 57.7 cm³/mol. The Hall–Kier alpha value is -1.63. The molecule has 2 rings (SSSR count). The van der Waals surface area contributed by atoms with Gasteiger partial charge in [-0.3, -0.25) is 4.79 Å². The number of hydrogen-bond acceptors (Lipinski definition) is 1. The molecular formula is C13H12O. The first-order valence-electron chi connectivity index (χ1n) is 4.76. The SMILES string of the molecule is CC1C=C(C=O)C(c2ccccc2)=C1. The van der Waals surface area contributed by atoms with Crippen molar-refractivity contribution in [1.29, 1.82) is 0 Å². The van der Waals surface area contributed by atoms with Gasteiger partial charge >= 0.3 is 0 Å². The van der Waals surface area contributed by atoms with Crippen molar-refractivity contribution < 1.29 is 4.79 Å². The third kappa shape index (κ3) is 1.53. The summed E-state index contributed by atoms with van der Waals surface area (Å²) in [4.78, 5) is 10.8. The van der Waals surface area contributed by atoms with Gasteiger partial charge in [0, 0.05) is 5.57 Å². The zero-order valence-electron chi connectivity index (χ0n) is 8.10. The molecule has 0 fully saturated rings. The third-order valence-electron chi connectivity index (χ3n) is 2.39. The molecule has 0 aliphatic heterocycles. The monoisotopic (exact) mass is 184 g/mol. The van der Waals surface area contributed by atoms with Crippen LogP contribution in [0.25, 0.3) is 5.57 Å². The number of hydrogen-bond donors (Lipinski definition) is 0. The first-order chi connectivity index (χ1) is 6.81. The minimum absolute atomic E-state index is 0.366. The Bertz CT molecular complexity index is 399. The Morgan fingerprint density at radius 3 is 2.50 bits per heavy atom. The van der Waals surface area contributed by atoms with Gasteiger partial charge in [-0.15, -0.1) is 0 Å². The fraction of sp³-hybridized carbons (Fsp3) is 0.154. The lowest BCUT2D eigenvalue weighted by atomic mass is 10.0. The van der Waals surface area contributed by atoms with E-state index >= 15 is 0 Å². The van der Waals surface area contributed by atoms with Gasteiger partial charge in [0.15, 0.2) is 0 Å². The zero-order valence-corrected chi connectivity index (χ0v) is 8.10. The summed E-state index contributed by atoms with van der Waals surface area (Å²) in [5.41, 5.74) is 2.99. The maximum Gasteiger partial charge on any atom is 0.150 e. The third-order valence-corrected chi connectivity index (χ3v) is 2.39. The molecule has 0 amide bonds. The minimum Gasteiger partial charge on any atom is -0.298 e. The van der Waals surface area contributed by atoms with Crippen molar-refractivity contribution in [2.45, 2.75) is 6.92 Å². The molecule has 14 heavy (non-hydrogen) atoms. The highest BCUT2D eigenvalue weighted by molar-refractivity contribution is 6.00. The topological polar surface area (TPSA) is 17.1 Å². The Kier molecular flexibility index (Phi) is 2.32. The van der Waals surface area contributed by atoms with Crippen molar-refractivity contribution in [3.05, 3.63) is 53.6 Å². The lowest BCUT2D eigenvalue weighted by molar-refractivity contribution is -0.104. The molecule has 0 spiro atoms. The van der Waals surface area contributed by atoms with Gasteiger partial charge in [-0.1, -0.05) is 49.4 Å². The van der Waals surface area contributed by atoms with Gasteiger partial charge in [0.1, 0.15) is 6.29 Å². The maximum absolute atomic E-state index is 10.8. The molecule has 0 bridgehead atoms. The molecule has 1 aromatic rings. The average Bonchev–Trinajstić information content (AvgIpc) is 2.61. The number of aldehydes is 1. The molecule has 70 valence electrons. The van der Waals surface area contributed by atoms with E-state index in [0.717, 1.165) is 23.0 Å². The van der Waals surface area contributed by atoms with Crippen LogP contribution in [0.4, 0.5) is 0 Å². The molecule has 1 heteroatoms. The van der Waals surface area contributed by atoms with Crippen molar-refractivity contribution in [2.24, 2.45) is 5.92 Å². The molecule has 0 heterocycles. The second-order valence-electron chi connectivity index (χ2n) is 3.55. The first kappa shape index (κ1) is 8.95. The lowest BCUT2D eigenvalue weighted by Gasteiger charge is -2.02. The van der Waals surface area contributed by atoms with E-state index in [-0.39, 0.29) is 0 Å². The minimum atomic E-state index is 0.366. The van der Waals surface area contributed by atoms with Crippen molar-refractivity contribution in [1.82, 2.24) is 0 Å². The molecular weight excluding hydrogens is 172 g/mol. The summed E-state index contributed by atoms with van der Waals surface area (Å²) in [6.07, 6.45) is 5.05. The van der Waals surface area contributed by atoms with Gasteiger partial charge in [-0.05, 0) is 17.1 Å². The van der Waals surface area contributed by atoms with E-state index in [4.69, 9.17) is 0 Å². The van der Waals surface area contributed by atoms with Crippen LogP contribution in [-0.2, 0) is 4.79 Å². The summed E-state index contributed by atoms with van der Waals surface area (Å²) in [6, 6.07) is 10.0. The highest BCUT2D eigenvalue weighted by Gasteiger charge is 2.14. The smallest absolute Gasteiger partial charge is 0.150 e. The van der Waals surface area contributed by atoms with Crippen LogP contribution in [0.3, 0.4) is 0 Å². The Labute approximate surface area is 83.8 Å². The molecule has 1 unspecified atom stereocenters. The molecule has 1 aliphatic rings. The highest BCUT2D eigenvalue weighted by atomic mass is 16.1. The second kappa shape index (κ2) is 3.62. The van der Waals surface area contributed by atoms with Crippen molar-refractivity contribution in [3.8, 4) is 0 Å². The molecule has 0 saturated heterocycles. The number of rotatable bonds is 2. The maximum atomic E-state index is 10.8. The normalized spacial score (nSPS) is 20.2. The number of benzene rings is 1. The van der Waals surface area contributed by atoms with Gasteiger partial charge in [0.05, 0.1) is 0 Å². The number of carbonyl (C=O) groups is 1. The van der Waals surface area contributed by atoms with Crippen molar-refractivity contribution in [3.63, 3.8) is 0 Å². The van der Waals surface area contributed by atoms with Gasteiger partial charge in [-0.25, -0.2) is 0 Å². The summed E-state index contributed by atoms with van der Waals surface area (Å²) < 4.78 is 0. The van der Waals surface area contributed by atoms with E-state index in [1.807, 2.05) is 36.4 Å². The number of allylic oxidation sites excluding steroid dienone is 4. The molecule has 1 aliphatic carbocycles. The van der Waals surface area contributed by atoms with Gasteiger partial charge in [0.25, 0.3) is 0 Å². The van der Waals surface area contributed by atoms with Crippen LogP contribution in [0.5, 0.6) is 0 Å². The van der Waals surface area contributed by atoms with E-state index in [0.29, 0.717) is 5.92 Å². The van der Waals surface area contributed by atoms with E-state index in [1.54, 1.807) is 0 Å². The van der Waals surface area contributed by atoms with Crippen LogP contribution in [0.1, 0.15) is 12.5 Å². The standard InChI is InChI=1S/C13H12O/c1-10-7-12(9-14)13(8-10)11-5-3-2-4-6-11/h2-10H,1H3. The van der Waals surface area contributed by atoms with Crippen molar-refractivity contribution >= 4 is 11.9 Å². The summed E-state index contributed by atoms with van der Waals surface area (Å²) in [7, 11) is 0. The van der Waals surface area contributed by atoms with E-state index in [1.165, 1.54) is 0 Å². The zero-order chi connectivity index (χ0) is 9.97. The van der Waals surface area contributed by atoms with Crippen LogP contribution in [-0.4, -0.2) is 6.29 Å². The molecule has 0 N–H and O–H groups in total. The summed E-state index contributed by atoms with van der Waals surface area (Å²) >= 11 is 0. The molecule has 0 saturated carbocycles. The Morgan fingerprint density at radius 2 is 1.86 bits per heavy atom. The second-order valence-corrected chi connectivity index (χ2v) is 3.55. The van der Waals surface area contributed by atoms with Crippen LogP contribution >= 0.6 is 0 Å². The largest absolute Gasteiger partial charge is 0.298 e. The summed E-state index contributed by atoms with van der Waals surface area (Å²) in [5.74, 6) is 0.366. The molecule has 0 aromatic heterocycles. The fourth-order valence-electron chi connectivity index (χ4n) is 1.76. The van der Waals surface area contributed by atoms with E-state index in [2.05, 4.69) is 13.0 Å². The lowest BCUT2D eigenvalue weighted by Crippen LogP contribution is -1.86. The van der Waals surface area contributed by atoms with Crippen LogP contribution in [0.15, 0.2) is 48.1 Å². The van der Waals surface area contributed by atoms with Crippen LogP contribution in [0, 0.1) is 5.92 Å². The molecule has 1 aromatic carbocycles. The van der Waals surface area contributed by atoms with E-state index < -0.39 is 0 Å². The Morgan fingerprint density at radius 1 is 1.14 bits per heavy atom. The predicted octanol–water partition coefficient (Wildman–Crippen LogP) is 2.85. The van der Waals surface area contributed by atoms with Crippen LogP contribution in [0.2, 0.25) is 0 Å². The van der Waals surface area contributed by atoms with Gasteiger partial charge in [-0.2, -0.15) is 0 Å². The fourth-order valence-corrected chi connectivity index (χ4v) is 1.76. The van der Waals surface area contributed by atoms with Gasteiger partial charge in [0.2, 0.25) is 0 Å². The molecule has 1 atom stereocenters. The molecule has 1 nitrogen and oxygen atoms in total.